The van der Waals surface area contributed by atoms with E-state index in [1.165, 1.54) is 28.1 Å². The van der Waals surface area contributed by atoms with Gasteiger partial charge in [-0.2, -0.15) is 0 Å². The Morgan fingerprint density at radius 2 is 1.80 bits per heavy atom. The number of hydrogen-bond acceptors (Lipinski definition) is 4. The van der Waals surface area contributed by atoms with Crippen molar-refractivity contribution in [1.82, 2.24) is 4.57 Å². The van der Waals surface area contributed by atoms with E-state index in [4.69, 9.17) is 28.3 Å². The summed E-state index contributed by atoms with van der Waals surface area (Å²) >= 11 is 12.8. The molecule has 3 rings (SSSR count). The maximum atomic E-state index is 14.1. The molecule has 0 radical (unpaired) electrons. The van der Waals surface area contributed by atoms with Crippen molar-refractivity contribution in [3.8, 4) is 16.9 Å². The number of sulfonamides is 1. The highest BCUT2D eigenvalue weighted by Crippen LogP contribution is 2.29. The summed E-state index contributed by atoms with van der Waals surface area (Å²) in [5.74, 6) is -1.00. The molecule has 3 aromatic rings. The lowest BCUT2D eigenvalue weighted by molar-refractivity contribution is 0.568. The number of nitrogens with two attached hydrogens (primary N) is 1. The van der Waals surface area contributed by atoms with Gasteiger partial charge in [0.05, 0.1) is 21.4 Å². The highest BCUT2D eigenvalue weighted by Gasteiger charge is 2.18. The van der Waals surface area contributed by atoms with E-state index in [0.29, 0.717) is 22.0 Å². The lowest BCUT2D eigenvalue weighted by Gasteiger charge is -2.10. The van der Waals surface area contributed by atoms with Gasteiger partial charge in [-0.05, 0) is 30.3 Å². The lowest BCUT2D eigenvalue weighted by Crippen LogP contribution is -2.14. The first-order valence-electron chi connectivity index (χ1n) is 6.67. The van der Waals surface area contributed by atoms with Gasteiger partial charge >= 0.3 is 4.87 Å². The van der Waals surface area contributed by atoms with E-state index in [2.05, 4.69) is 0 Å². The fraction of sp³-hybridized carbons (Fsp3) is 0. The van der Waals surface area contributed by atoms with Gasteiger partial charge < -0.3 is 0 Å². The Balaban J connectivity index is 2.19. The first-order valence-corrected chi connectivity index (χ1v) is 9.85. The summed E-state index contributed by atoms with van der Waals surface area (Å²) in [4.78, 5) is 11.3. The van der Waals surface area contributed by atoms with Gasteiger partial charge in [0.2, 0.25) is 10.0 Å². The molecule has 5 nitrogen and oxygen atoms in total. The van der Waals surface area contributed by atoms with Gasteiger partial charge in [0.1, 0.15) is 10.7 Å². The Morgan fingerprint density at radius 1 is 1.08 bits per heavy atom. The highest BCUT2D eigenvalue weighted by molar-refractivity contribution is 7.89. The van der Waals surface area contributed by atoms with E-state index in [0.717, 1.165) is 23.5 Å². The standard InChI is InChI=1S/C15H9Cl2FN2O3S2/c16-10-3-2-9(6-11(10)17)20-13(7-24-15(20)21)8-1-4-14(12(18)5-8)25(19,22)23/h1-7H,(H2,19,22,23). The van der Waals surface area contributed by atoms with Crippen LogP contribution < -0.4 is 10.0 Å². The third-order valence-electron chi connectivity index (χ3n) is 3.39. The Bertz CT molecular complexity index is 1140. The zero-order valence-electron chi connectivity index (χ0n) is 12.2. The van der Waals surface area contributed by atoms with Crippen molar-refractivity contribution in [3.63, 3.8) is 0 Å². The number of nitrogens with zero attached hydrogens (tertiary/aromatic N) is 1. The van der Waals surface area contributed by atoms with Crippen molar-refractivity contribution in [2.75, 3.05) is 0 Å². The predicted octanol–water partition coefficient (Wildman–Crippen LogP) is 3.66. The van der Waals surface area contributed by atoms with Crippen LogP contribution in [0, 0.1) is 5.82 Å². The van der Waals surface area contributed by atoms with Gasteiger partial charge in [0.15, 0.2) is 0 Å². The molecule has 10 heteroatoms. The van der Waals surface area contributed by atoms with Crippen LogP contribution in [0.3, 0.4) is 0 Å². The summed E-state index contributed by atoms with van der Waals surface area (Å²) in [6.45, 7) is 0. The second kappa shape index (κ2) is 6.54. The summed E-state index contributed by atoms with van der Waals surface area (Å²) in [6, 6.07) is 8.09. The smallest absolute Gasteiger partial charge is 0.267 e. The molecule has 0 aliphatic carbocycles. The second-order valence-corrected chi connectivity index (χ2v) is 8.18. The number of thiazole rings is 1. The molecule has 0 atom stereocenters. The topological polar surface area (TPSA) is 82.2 Å². The highest BCUT2D eigenvalue weighted by atomic mass is 35.5. The van der Waals surface area contributed by atoms with E-state index in [1.807, 2.05) is 0 Å². The Hall–Kier alpha value is -1.71. The van der Waals surface area contributed by atoms with Crippen molar-refractivity contribution in [1.29, 1.82) is 0 Å². The van der Waals surface area contributed by atoms with Crippen molar-refractivity contribution in [3.05, 3.63) is 67.3 Å². The number of halogens is 3. The molecule has 0 amide bonds. The van der Waals surface area contributed by atoms with Gasteiger partial charge in [-0.3, -0.25) is 9.36 Å². The van der Waals surface area contributed by atoms with Crippen molar-refractivity contribution in [2.45, 2.75) is 4.90 Å². The molecule has 2 aromatic carbocycles. The third kappa shape index (κ3) is 3.49. The van der Waals surface area contributed by atoms with E-state index in [9.17, 15) is 17.6 Å². The summed E-state index contributed by atoms with van der Waals surface area (Å²) in [7, 11) is -4.17. The molecule has 1 aromatic heterocycles. The molecule has 25 heavy (non-hydrogen) atoms. The lowest BCUT2D eigenvalue weighted by atomic mass is 10.1. The van der Waals surface area contributed by atoms with Crippen LogP contribution in [0.4, 0.5) is 4.39 Å². The number of aromatic nitrogens is 1. The zero-order chi connectivity index (χ0) is 18.4. The maximum Gasteiger partial charge on any atom is 0.312 e. The van der Waals surface area contributed by atoms with E-state index in [1.54, 1.807) is 6.07 Å². The first kappa shape index (κ1) is 18.1. The van der Waals surface area contributed by atoms with Crippen LogP contribution in [0.15, 0.2) is 51.5 Å². The molecule has 130 valence electrons. The molecule has 0 aliphatic rings. The summed E-state index contributed by atoms with van der Waals surface area (Å²) in [5, 5.41) is 7.09. The van der Waals surface area contributed by atoms with Gasteiger partial charge in [-0.25, -0.2) is 17.9 Å². The third-order valence-corrected chi connectivity index (χ3v) is 5.80. The van der Waals surface area contributed by atoms with Crippen LogP contribution in [-0.2, 0) is 10.0 Å². The molecule has 1 heterocycles. The van der Waals surface area contributed by atoms with Gasteiger partial charge in [-0.1, -0.05) is 40.6 Å². The van der Waals surface area contributed by atoms with Crippen molar-refractivity contribution in [2.24, 2.45) is 5.14 Å². The van der Waals surface area contributed by atoms with Crippen molar-refractivity contribution >= 4 is 44.6 Å². The quantitative estimate of drug-likeness (QED) is 0.704. The number of benzene rings is 2. The van der Waals surface area contributed by atoms with Crippen LogP contribution in [-0.4, -0.2) is 13.0 Å². The van der Waals surface area contributed by atoms with Crippen LogP contribution >= 0.6 is 34.5 Å². The fourth-order valence-corrected chi connectivity index (χ4v) is 3.91. The fourth-order valence-electron chi connectivity index (χ4n) is 2.27. The molecule has 0 aliphatic heterocycles. The Kier molecular flexibility index (Phi) is 4.74. The largest absolute Gasteiger partial charge is 0.312 e. The summed E-state index contributed by atoms with van der Waals surface area (Å²) in [5.41, 5.74) is 1.15. The monoisotopic (exact) mass is 418 g/mol. The van der Waals surface area contributed by atoms with Gasteiger partial charge in [0, 0.05) is 10.9 Å². The number of primary sulfonamides is 1. The second-order valence-electron chi connectivity index (χ2n) is 5.01. The zero-order valence-corrected chi connectivity index (χ0v) is 15.4. The minimum Gasteiger partial charge on any atom is -0.267 e. The number of hydrogen-bond donors (Lipinski definition) is 1. The van der Waals surface area contributed by atoms with Crippen molar-refractivity contribution < 1.29 is 12.8 Å². The minimum absolute atomic E-state index is 0.263. The molecular weight excluding hydrogens is 410 g/mol. The Morgan fingerprint density at radius 3 is 2.40 bits per heavy atom. The van der Waals surface area contributed by atoms with Gasteiger partial charge in [-0.15, -0.1) is 0 Å². The average molecular weight is 419 g/mol. The summed E-state index contributed by atoms with van der Waals surface area (Å²) < 4.78 is 38.1. The molecule has 0 saturated carbocycles. The normalized spacial score (nSPS) is 11.7. The van der Waals surface area contributed by atoms with Crippen LogP contribution in [0.25, 0.3) is 16.9 Å². The predicted molar refractivity (Wildman–Crippen MR) is 96.7 cm³/mol. The van der Waals surface area contributed by atoms with Crippen LogP contribution in [0.1, 0.15) is 0 Å². The molecule has 0 unspecified atom stereocenters. The molecule has 0 spiro atoms. The van der Waals surface area contributed by atoms with E-state index < -0.39 is 20.7 Å². The SMILES string of the molecule is NS(=O)(=O)c1ccc(-c2csc(=O)n2-c2ccc(Cl)c(Cl)c2)cc1F. The summed E-state index contributed by atoms with van der Waals surface area (Å²) in [6.07, 6.45) is 0. The maximum absolute atomic E-state index is 14.1. The van der Waals surface area contributed by atoms with Gasteiger partial charge in [0.25, 0.3) is 0 Å². The molecule has 0 bridgehead atoms. The van der Waals surface area contributed by atoms with E-state index >= 15 is 0 Å². The molecular formula is C15H9Cl2FN2O3S2. The average Bonchev–Trinajstić information content (AvgIpc) is 2.90. The van der Waals surface area contributed by atoms with E-state index in [-0.39, 0.29) is 9.90 Å². The molecule has 2 N–H and O–H groups in total. The van der Waals surface area contributed by atoms with Crippen LogP contribution in [0.2, 0.25) is 10.0 Å². The first-order chi connectivity index (χ1) is 11.7. The Labute approximate surface area is 156 Å². The minimum atomic E-state index is -4.17. The molecule has 0 fully saturated rings. The number of rotatable bonds is 3. The van der Waals surface area contributed by atoms with Crippen LogP contribution in [0.5, 0.6) is 0 Å². The molecule has 0 saturated heterocycles.